The van der Waals surface area contributed by atoms with E-state index in [1.807, 2.05) is 0 Å². The molecule has 0 aliphatic carbocycles. The van der Waals surface area contributed by atoms with Crippen molar-refractivity contribution in [1.29, 1.82) is 0 Å². The van der Waals surface area contributed by atoms with Crippen LogP contribution in [0.2, 0.25) is 5.02 Å². The first-order valence-corrected chi connectivity index (χ1v) is 8.67. The number of halogens is 4. The molecule has 0 saturated carbocycles. The van der Waals surface area contributed by atoms with Crippen molar-refractivity contribution in [3.05, 3.63) is 52.7 Å². The van der Waals surface area contributed by atoms with Crippen molar-refractivity contribution in [2.75, 3.05) is 6.54 Å². The van der Waals surface area contributed by atoms with Crippen molar-refractivity contribution in [3.8, 4) is 11.3 Å². The summed E-state index contributed by atoms with van der Waals surface area (Å²) in [5, 5.41) is 11.2. The molecule has 1 aliphatic rings. The summed E-state index contributed by atoms with van der Waals surface area (Å²) in [5.41, 5.74) is 0.748. The van der Waals surface area contributed by atoms with Crippen LogP contribution in [0, 0.1) is 0 Å². The molecule has 28 heavy (non-hydrogen) atoms. The van der Waals surface area contributed by atoms with E-state index in [4.69, 9.17) is 16.1 Å². The lowest BCUT2D eigenvalue weighted by atomic mass is 10.1. The molecule has 1 atom stereocenters. The van der Waals surface area contributed by atoms with Gasteiger partial charge in [-0.1, -0.05) is 16.8 Å². The Morgan fingerprint density at radius 1 is 1.21 bits per heavy atom. The van der Waals surface area contributed by atoms with Crippen molar-refractivity contribution in [3.63, 3.8) is 0 Å². The molecule has 3 heterocycles. The fourth-order valence-corrected chi connectivity index (χ4v) is 3.27. The lowest BCUT2D eigenvalue weighted by Gasteiger charge is -2.33. The Balaban J connectivity index is 1.58. The van der Waals surface area contributed by atoms with Gasteiger partial charge in [0.1, 0.15) is 0 Å². The van der Waals surface area contributed by atoms with Crippen LogP contribution in [0.4, 0.5) is 13.2 Å². The van der Waals surface area contributed by atoms with Gasteiger partial charge in [-0.3, -0.25) is 4.79 Å². The Hall–Kier alpha value is -2.88. The zero-order valence-corrected chi connectivity index (χ0v) is 15.2. The zero-order chi connectivity index (χ0) is 20.1. The molecule has 0 fully saturated rings. The summed E-state index contributed by atoms with van der Waals surface area (Å²) in [6.45, 7) is 1.60. The molecule has 2 aromatic heterocycles. The van der Waals surface area contributed by atoms with E-state index in [0.717, 1.165) is 4.57 Å². The van der Waals surface area contributed by atoms with Gasteiger partial charge < -0.3 is 14.0 Å². The molecule has 11 heteroatoms. The third-order valence-corrected chi connectivity index (χ3v) is 4.81. The van der Waals surface area contributed by atoms with Gasteiger partial charge in [-0.15, -0.1) is 10.2 Å². The first-order valence-electron chi connectivity index (χ1n) is 8.29. The lowest BCUT2D eigenvalue weighted by Crippen LogP contribution is -2.42. The van der Waals surface area contributed by atoms with Gasteiger partial charge in [-0.05, 0) is 31.2 Å². The van der Waals surface area contributed by atoms with Crippen molar-refractivity contribution >= 4 is 17.5 Å². The molecule has 4 rings (SSSR count). The number of aromatic nitrogens is 4. The Kier molecular flexibility index (Phi) is 4.37. The lowest BCUT2D eigenvalue weighted by molar-refractivity contribution is -0.148. The van der Waals surface area contributed by atoms with E-state index in [1.165, 1.54) is 11.0 Å². The number of hydrogen-bond donors (Lipinski definition) is 0. The van der Waals surface area contributed by atoms with Gasteiger partial charge in [0.05, 0.1) is 6.04 Å². The third-order valence-electron chi connectivity index (χ3n) is 4.56. The van der Waals surface area contributed by atoms with E-state index < -0.39 is 23.9 Å². The van der Waals surface area contributed by atoms with Gasteiger partial charge in [-0.2, -0.15) is 13.2 Å². The standard InChI is InChI=1S/C17H13ClF3N5O2/c1-9-14-22-23-16(17(19,20)21)26(14)7-6-25(9)15(27)12-8-13(28-24-12)10-2-4-11(18)5-3-10/h2-5,8-9H,6-7H2,1H3. The van der Waals surface area contributed by atoms with Gasteiger partial charge in [0.2, 0.25) is 5.82 Å². The number of carbonyl (C=O) groups is 1. The Morgan fingerprint density at radius 2 is 1.93 bits per heavy atom. The first kappa shape index (κ1) is 18.5. The van der Waals surface area contributed by atoms with Crippen LogP contribution in [0.25, 0.3) is 11.3 Å². The molecule has 146 valence electrons. The van der Waals surface area contributed by atoms with Crippen LogP contribution in [0.3, 0.4) is 0 Å². The van der Waals surface area contributed by atoms with Crippen molar-refractivity contribution < 1.29 is 22.5 Å². The minimum absolute atomic E-state index is 0.0563. The van der Waals surface area contributed by atoms with Gasteiger partial charge in [0.15, 0.2) is 17.3 Å². The third kappa shape index (κ3) is 3.13. The Morgan fingerprint density at radius 3 is 2.61 bits per heavy atom. The predicted octanol–water partition coefficient (Wildman–Crippen LogP) is 3.82. The Bertz CT molecular complexity index is 1030. The molecule has 3 aromatic rings. The van der Waals surface area contributed by atoms with Crippen molar-refractivity contribution in [2.45, 2.75) is 25.7 Å². The van der Waals surface area contributed by atoms with Gasteiger partial charge in [0.25, 0.3) is 5.91 Å². The SMILES string of the molecule is CC1c2nnc(C(F)(F)F)n2CCN1C(=O)c1cc(-c2ccc(Cl)cc2)on1. The fourth-order valence-electron chi connectivity index (χ4n) is 3.15. The van der Waals surface area contributed by atoms with Gasteiger partial charge in [0, 0.05) is 29.7 Å². The zero-order valence-electron chi connectivity index (χ0n) is 14.4. The van der Waals surface area contributed by atoms with E-state index in [-0.39, 0.29) is 24.6 Å². The summed E-state index contributed by atoms with van der Waals surface area (Å²) < 4.78 is 45.3. The molecular formula is C17H13ClF3N5O2. The average molecular weight is 412 g/mol. The number of amides is 1. The van der Waals surface area contributed by atoms with Gasteiger partial charge >= 0.3 is 6.18 Å². The van der Waals surface area contributed by atoms with Crippen LogP contribution in [0.5, 0.6) is 0 Å². The topological polar surface area (TPSA) is 77.0 Å². The maximum atomic E-state index is 13.0. The number of carbonyl (C=O) groups excluding carboxylic acids is 1. The van der Waals surface area contributed by atoms with Crippen LogP contribution in [0.15, 0.2) is 34.9 Å². The second-order valence-electron chi connectivity index (χ2n) is 6.29. The predicted molar refractivity (Wildman–Crippen MR) is 91.4 cm³/mol. The highest BCUT2D eigenvalue weighted by molar-refractivity contribution is 6.30. The maximum Gasteiger partial charge on any atom is 0.451 e. The molecule has 0 bridgehead atoms. The molecule has 1 aromatic carbocycles. The molecule has 1 amide bonds. The number of hydrogen-bond acceptors (Lipinski definition) is 5. The van der Waals surface area contributed by atoms with Crippen molar-refractivity contribution in [1.82, 2.24) is 24.8 Å². The summed E-state index contributed by atoms with van der Waals surface area (Å²) in [6.07, 6.45) is -4.60. The van der Waals surface area contributed by atoms with E-state index in [2.05, 4.69) is 15.4 Å². The minimum Gasteiger partial charge on any atom is -0.355 e. The highest BCUT2D eigenvalue weighted by Crippen LogP contribution is 2.33. The number of benzene rings is 1. The van der Waals surface area contributed by atoms with E-state index in [1.54, 1.807) is 31.2 Å². The summed E-state index contributed by atoms with van der Waals surface area (Å²) in [7, 11) is 0. The fraction of sp³-hybridized carbons (Fsp3) is 0.294. The molecule has 0 spiro atoms. The highest BCUT2D eigenvalue weighted by atomic mass is 35.5. The van der Waals surface area contributed by atoms with E-state index >= 15 is 0 Å². The van der Waals surface area contributed by atoms with Crippen LogP contribution < -0.4 is 0 Å². The second-order valence-corrected chi connectivity index (χ2v) is 6.73. The Labute approximate surface area is 161 Å². The smallest absolute Gasteiger partial charge is 0.355 e. The van der Waals surface area contributed by atoms with Crippen LogP contribution in [-0.4, -0.2) is 37.3 Å². The average Bonchev–Trinajstić information content (AvgIpc) is 3.29. The van der Waals surface area contributed by atoms with Gasteiger partial charge in [-0.25, -0.2) is 0 Å². The van der Waals surface area contributed by atoms with Crippen LogP contribution >= 0.6 is 11.6 Å². The van der Waals surface area contributed by atoms with E-state index in [0.29, 0.717) is 16.3 Å². The van der Waals surface area contributed by atoms with Crippen LogP contribution in [0.1, 0.15) is 35.1 Å². The molecule has 0 radical (unpaired) electrons. The molecule has 1 unspecified atom stereocenters. The largest absolute Gasteiger partial charge is 0.451 e. The number of fused-ring (bicyclic) bond motifs is 1. The molecule has 0 N–H and O–H groups in total. The molecule has 0 saturated heterocycles. The molecule has 7 nitrogen and oxygen atoms in total. The first-order chi connectivity index (χ1) is 13.3. The normalized spacial score (nSPS) is 16.9. The summed E-state index contributed by atoms with van der Waals surface area (Å²) in [4.78, 5) is 14.2. The molecular weight excluding hydrogens is 399 g/mol. The summed E-state index contributed by atoms with van der Waals surface area (Å²) in [6, 6.07) is 7.60. The summed E-state index contributed by atoms with van der Waals surface area (Å²) in [5.74, 6) is -1.06. The monoisotopic (exact) mass is 411 g/mol. The number of nitrogens with zero attached hydrogens (tertiary/aromatic N) is 5. The molecule has 1 aliphatic heterocycles. The van der Waals surface area contributed by atoms with Crippen LogP contribution in [-0.2, 0) is 12.7 Å². The van der Waals surface area contributed by atoms with Crippen molar-refractivity contribution in [2.24, 2.45) is 0 Å². The quantitative estimate of drug-likeness (QED) is 0.640. The number of rotatable bonds is 2. The van der Waals surface area contributed by atoms with E-state index in [9.17, 15) is 18.0 Å². The highest BCUT2D eigenvalue weighted by Gasteiger charge is 2.42. The minimum atomic E-state index is -4.60. The summed E-state index contributed by atoms with van der Waals surface area (Å²) >= 11 is 5.85. The number of alkyl halides is 3. The maximum absolute atomic E-state index is 13.0. The second kappa shape index (κ2) is 6.62.